The van der Waals surface area contributed by atoms with E-state index < -0.39 is 0 Å². The average Bonchev–Trinajstić information content (AvgIpc) is 2.39. The van der Waals surface area contributed by atoms with Crippen molar-refractivity contribution in [1.82, 2.24) is 0 Å². The molecule has 0 atom stereocenters. The van der Waals surface area contributed by atoms with E-state index in [-0.39, 0.29) is 0 Å². The van der Waals surface area contributed by atoms with E-state index in [2.05, 4.69) is 35.8 Å². The lowest BCUT2D eigenvalue weighted by atomic mass is 10.0. The standard InChI is InChI=1S/C16H17BrClNO/c1-10(2)12-8-11(17)6-7-16(12)20-9-13-14(18)4-3-5-15(13)19/h3-8,10H,9,19H2,1-2H3. The van der Waals surface area contributed by atoms with Crippen LogP contribution in [-0.4, -0.2) is 0 Å². The molecule has 0 aliphatic carbocycles. The maximum Gasteiger partial charge on any atom is 0.123 e. The summed E-state index contributed by atoms with van der Waals surface area (Å²) in [5.41, 5.74) is 8.57. The first-order chi connectivity index (χ1) is 9.49. The van der Waals surface area contributed by atoms with Crippen molar-refractivity contribution in [3.63, 3.8) is 0 Å². The molecule has 0 unspecified atom stereocenters. The third kappa shape index (κ3) is 3.47. The van der Waals surface area contributed by atoms with E-state index in [4.69, 9.17) is 22.1 Å². The first kappa shape index (κ1) is 15.2. The second-order valence-electron chi connectivity index (χ2n) is 4.93. The van der Waals surface area contributed by atoms with Crippen LogP contribution in [0.15, 0.2) is 40.9 Å². The van der Waals surface area contributed by atoms with Gasteiger partial charge in [-0.2, -0.15) is 0 Å². The topological polar surface area (TPSA) is 35.2 Å². The molecule has 0 spiro atoms. The first-order valence-electron chi connectivity index (χ1n) is 6.44. The molecule has 0 heterocycles. The van der Waals surface area contributed by atoms with Crippen LogP contribution < -0.4 is 10.5 Å². The van der Waals surface area contributed by atoms with E-state index in [1.54, 1.807) is 0 Å². The Kier molecular flexibility index (Phi) is 4.95. The molecule has 0 bridgehead atoms. The Morgan fingerprint density at radius 3 is 2.65 bits per heavy atom. The van der Waals surface area contributed by atoms with Crippen molar-refractivity contribution < 1.29 is 4.74 Å². The van der Waals surface area contributed by atoms with E-state index >= 15 is 0 Å². The van der Waals surface area contributed by atoms with E-state index in [0.29, 0.717) is 23.2 Å². The van der Waals surface area contributed by atoms with Crippen molar-refractivity contribution in [1.29, 1.82) is 0 Å². The molecule has 0 saturated carbocycles. The summed E-state index contributed by atoms with van der Waals surface area (Å²) in [6.45, 7) is 4.64. The molecule has 2 aromatic carbocycles. The normalized spacial score (nSPS) is 10.8. The fourth-order valence-corrected chi connectivity index (χ4v) is 2.59. The van der Waals surface area contributed by atoms with Gasteiger partial charge in [0.15, 0.2) is 0 Å². The molecule has 0 aliphatic heterocycles. The summed E-state index contributed by atoms with van der Waals surface area (Å²) >= 11 is 9.64. The maximum absolute atomic E-state index is 6.16. The number of rotatable bonds is 4. The zero-order chi connectivity index (χ0) is 14.7. The molecule has 0 aromatic heterocycles. The zero-order valence-electron chi connectivity index (χ0n) is 11.5. The number of ether oxygens (including phenoxy) is 1. The third-order valence-electron chi connectivity index (χ3n) is 3.12. The Balaban J connectivity index is 2.23. The Morgan fingerprint density at radius 1 is 1.25 bits per heavy atom. The number of hydrogen-bond donors (Lipinski definition) is 1. The Hall–Kier alpha value is -1.19. The highest BCUT2D eigenvalue weighted by molar-refractivity contribution is 9.10. The van der Waals surface area contributed by atoms with Gasteiger partial charge in [0.2, 0.25) is 0 Å². The van der Waals surface area contributed by atoms with E-state index in [1.165, 1.54) is 0 Å². The van der Waals surface area contributed by atoms with Crippen molar-refractivity contribution in [2.75, 3.05) is 5.73 Å². The summed E-state index contributed by atoms with van der Waals surface area (Å²) in [6.07, 6.45) is 0. The quantitative estimate of drug-likeness (QED) is 0.747. The minimum atomic E-state index is 0.368. The van der Waals surface area contributed by atoms with Crippen LogP contribution in [0.1, 0.15) is 30.9 Å². The summed E-state index contributed by atoms with van der Waals surface area (Å²) in [7, 11) is 0. The van der Waals surface area contributed by atoms with Crippen molar-refractivity contribution in [3.05, 3.63) is 57.0 Å². The van der Waals surface area contributed by atoms with Gasteiger partial charge < -0.3 is 10.5 Å². The lowest BCUT2D eigenvalue weighted by Gasteiger charge is -2.16. The molecule has 4 heteroatoms. The molecule has 0 radical (unpaired) electrons. The van der Waals surface area contributed by atoms with Gasteiger partial charge in [0.05, 0.1) is 0 Å². The molecular weight excluding hydrogens is 338 g/mol. The SMILES string of the molecule is CC(C)c1cc(Br)ccc1OCc1c(N)cccc1Cl. The van der Waals surface area contributed by atoms with Crippen molar-refractivity contribution in [3.8, 4) is 5.75 Å². The van der Waals surface area contributed by atoms with Crippen LogP contribution in [0.25, 0.3) is 0 Å². The van der Waals surface area contributed by atoms with Crippen molar-refractivity contribution in [2.45, 2.75) is 26.4 Å². The number of benzene rings is 2. The van der Waals surface area contributed by atoms with Crippen LogP contribution in [0.5, 0.6) is 5.75 Å². The first-order valence-corrected chi connectivity index (χ1v) is 7.61. The van der Waals surface area contributed by atoms with Crippen molar-refractivity contribution >= 4 is 33.2 Å². The fourth-order valence-electron chi connectivity index (χ4n) is 1.98. The van der Waals surface area contributed by atoms with Gasteiger partial charge >= 0.3 is 0 Å². The minimum absolute atomic E-state index is 0.368. The highest BCUT2D eigenvalue weighted by atomic mass is 79.9. The molecule has 2 N–H and O–H groups in total. The van der Waals surface area contributed by atoms with E-state index in [9.17, 15) is 0 Å². The second kappa shape index (κ2) is 6.51. The lowest BCUT2D eigenvalue weighted by Crippen LogP contribution is -2.03. The number of nitrogens with two attached hydrogens (primary N) is 1. The molecule has 20 heavy (non-hydrogen) atoms. The number of hydrogen-bond acceptors (Lipinski definition) is 2. The van der Waals surface area contributed by atoms with Crippen LogP contribution in [0, 0.1) is 0 Å². The number of anilines is 1. The Morgan fingerprint density at radius 2 is 2.00 bits per heavy atom. The smallest absolute Gasteiger partial charge is 0.123 e. The van der Waals surface area contributed by atoms with Gasteiger partial charge in [0.25, 0.3) is 0 Å². The van der Waals surface area contributed by atoms with Gasteiger partial charge in [0, 0.05) is 20.7 Å². The fraction of sp³-hybridized carbons (Fsp3) is 0.250. The summed E-state index contributed by atoms with van der Waals surface area (Å²) in [5, 5.41) is 0.633. The molecule has 0 saturated heterocycles. The van der Waals surface area contributed by atoms with Gasteiger partial charge in [-0.3, -0.25) is 0 Å². The third-order valence-corrected chi connectivity index (χ3v) is 3.97. The molecule has 2 nitrogen and oxygen atoms in total. The van der Waals surface area contributed by atoms with Gasteiger partial charge in [-0.1, -0.05) is 47.4 Å². The monoisotopic (exact) mass is 353 g/mol. The molecule has 0 fully saturated rings. The molecule has 2 rings (SSSR count). The molecular formula is C16H17BrClNO. The van der Waals surface area contributed by atoms with Crippen LogP contribution in [0.2, 0.25) is 5.02 Å². The molecule has 2 aromatic rings. The van der Waals surface area contributed by atoms with Gasteiger partial charge in [-0.15, -0.1) is 0 Å². The van der Waals surface area contributed by atoms with Gasteiger partial charge in [-0.05, 0) is 41.8 Å². The predicted molar refractivity (Wildman–Crippen MR) is 88.4 cm³/mol. The van der Waals surface area contributed by atoms with Gasteiger partial charge in [-0.25, -0.2) is 0 Å². The van der Waals surface area contributed by atoms with Crippen molar-refractivity contribution in [2.24, 2.45) is 0 Å². The van der Waals surface area contributed by atoms with Crippen LogP contribution >= 0.6 is 27.5 Å². The van der Waals surface area contributed by atoms with E-state index in [1.807, 2.05) is 30.3 Å². The molecule has 0 amide bonds. The largest absolute Gasteiger partial charge is 0.488 e. The van der Waals surface area contributed by atoms with Gasteiger partial charge in [0.1, 0.15) is 12.4 Å². The second-order valence-corrected chi connectivity index (χ2v) is 6.26. The Labute approximate surface area is 133 Å². The Bertz CT molecular complexity index is 593. The molecule has 106 valence electrons. The van der Waals surface area contributed by atoms with Crippen LogP contribution in [0.3, 0.4) is 0 Å². The summed E-state index contributed by atoms with van der Waals surface area (Å²) < 4.78 is 6.96. The maximum atomic E-state index is 6.16. The summed E-state index contributed by atoms with van der Waals surface area (Å²) in [6, 6.07) is 11.5. The highest BCUT2D eigenvalue weighted by Gasteiger charge is 2.11. The average molecular weight is 355 g/mol. The summed E-state index contributed by atoms with van der Waals surface area (Å²) in [4.78, 5) is 0. The highest BCUT2D eigenvalue weighted by Crippen LogP contribution is 2.31. The van der Waals surface area contributed by atoms with E-state index in [0.717, 1.165) is 21.3 Å². The number of halogens is 2. The number of nitrogen functional groups attached to an aromatic ring is 1. The summed E-state index contributed by atoms with van der Waals surface area (Å²) in [5.74, 6) is 1.24. The minimum Gasteiger partial charge on any atom is -0.488 e. The predicted octanol–water partition coefficient (Wildman–Crippen LogP) is 5.39. The lowest BCUT2D eigenvalue weighted by molar-refractivity contribution is 0.302. The zero-order valence-corrected chi connectivity index (χ0v) is 13.8. The van der Waals surface area contributed by atoms with Crippen LogP contribution in [0.4, 0.5) is 5.69 Å². The molecule has 0 aliphatic rings. The van der Waals surface area contributed by atoms with Crippen LogP contribution in [-0.2, 0) is 6.61 Å².